The Balaban J connectivity index is 4.57. The Labute approximate surface area is 358 Å². The fraction of sp³-hybridized carbons (Fsp3) is 0.625. The number of carbonyl (C=O) groups excluding carboxylic acids is 2. The van der Waals surface area contributed by atoms with Crippen molar-refractivity contribution >= 4 is 19.8 Å². The second kappa shape index (κ2) is 39.1. The number of esters is 2. The zero-order valence-corrected chi connectivity index (χ0v) is 38.2. The average molecular weight is 847 g/mol. The third kappa shape index (κ3) is 44.3. The topological polar surface area (TPSA) is 129 Å². The predicted molar refractivity (Wildman–Crippen MR) is 244 cm³/mol. The van der Waals surface area contributed by atoms with Crippen LogP contribution >= 0.6 is 7.82 Å². The summed E-state index contributed by atoms with van der Waals surface area (Å²) in [5.41, 5.74) is 0. The first-order chi connectivity index (χ1) is 28.3. The van der Waals surface area contributed by atoms with E-state index in [9.17, 15) is 24.2 Å². The van der Waals surface area contributed by atoms with Gasteiger partial charge in [-0.3, -0.25) is 18.6 Å². The van der Waals surface area contributed by atoms with Crippen molar-refractivity contribution in [2.24, 2.45) is 0 Å². The van der Waals surface area contributed by atoms with Crippen LogP contribution in [0.1, 0.15) is 136 Å². The van der Waals surface area contributed by atoms with Crippen LogP contribution in [0.4, 0.5) is 0 Å². The molecule has 11 heteroatoms. The van der Waals surface area contributed by atoms with Crippen molar-refractivity contribution in [1.29, 1.82) is 0 Å². The fourth-order valence-corrected chi connectivity index (χ4v) is 5.87. The molecule has 0 saturated carbocycles. The van der Waals surface area contributed by atoms with Crippen LogP contribution in [0.3, 0.4) is 0 Å². The molecule has 0 aliphatic carbocycles. The number of unbranched alkanes of at least 4 members (excludes halogenated alkanes) is 6. The number of quaternary nitrogens is 1. The molecule has 0 radical (unpaired) electrons. The summed E-state index contributed by atoms with van der Waals surface area (Å²) in [5.74, 6) is -0.958. The molecule has 0 aliphatic rings. The maximum atomic E-state index is 12.7. The van der Waals surface area contributed by atoms with Crippen LogP contribution in [0.5, 0.6) is 0 Å². The van der Waals surface area contributed by atoms with Gasteiger partial charge in [-0.25, -0.2) is 4.57 Å². The van der Waals surface area contributed by atoms with E-state index in [2.05, 4.69) is 92.0 Å². The number of allylic oxidation sites excluding steroid dienone is 16. The Bertz CT molecular complexity index is 1340. The highest BCUT2D eigenvalue weighted by Gasteiger charge is 2.27. The van der Waals surface area contributed by atoms with E-state index < -0.39 is 32.5 Å². The summed E-state index contributed by atoms with van der Waals surface area (Å²) >= 11 is 0. The Kier molecular flexibility index (Phi) is 37.0. The number of hydrogen-bond acceptors (Lipinski definition) is 8. The number of rotatable bonds is 38. The first kappa shape index (κ1) is 55.9. The van der Waals surface area contributed by atoms with Gasteiger partial charge < -0.3 is 24.0 Å². The number of aliphatic hydroxyl groups excluding tert-OH is 1. The van der Waals surface area contributed by atoms with Crippen molar-refractivity contribution in [3.05, 3.63) is 97.2 Å². The monoisotopic (exact) mass is 847 g/mol. The lowest BCUT2D eigenvalue weighted by Gasteiger charge is -2.24. The highest BCUT2D eigenvalue weighted by atomic mass is 31.2. The lowest BCUT2D eigenvalue weighted by atomic mass is 10.1. The largest absolute Gasteiger partial charge is 0.472 e. The van der Waals surface area contributed by atoms with Gasteiger partial charge in [-0.05, 0) is 103 Å². The maximum absolute atomic E-state index is 12.7. The van der Waals surface area contributed by atoms with Gasteiger partial charge in [0.2, 0.25) is 0 Å². The lowest BCUT2D eigenvalue weighted by Crippen LogP contribution is -2.37. The van der Waals surface area contributed by atoms with Gasteiger partial charge in [-0.15, -0.1) is 0 Å². The van der Waals surface area contributed by atoms with Crippen molar-refractivity contribution < 1.29 is 47.2 Å². The van der Waals surface area contributed by atoms with Crippen LogP contribution in [-0.4, -0.2) is 86.1 Å². The molecule has 0 heterocycles. The second-order valence-corrected chi connectivity index (χ2v) is 17.1. The van der Waals surface area contributed by atoms with Crippen LogP contribution in [0, 0.1) is 0 Å². The number of nitrogens with zero attached hydrogens (tertiary/aromatic N) is 1. The molecule has 0 fully saturated rings. The lowest BCUT2D eigenvalue weighted by molar-refractivity contribution is -0.870. The van der Waals surface area contributed by atoms with E-state index in [1.165, 1.54) is 19.3 Å². The molecule has 0 aliphatic heterocycles. The molecule has 2 N–H and O–H groups in total. The van der Waals surface area contributed by atoms with E-state index in [1.807, 2.05) is 40.2 Å². The van der Waals surface area contributed by atoms with Gasteiger partial charge >= 0.3 is 19.8 Å². The van der Waals surface area contributed by atoms with Gasteiger partial charge in [0, 0.05) is 12.8 Å². The van der Waals surface area contributed by atoms with Gasteiger partial charge in [0.25, 0.3) is 0 Å². The standard InChI is InChI=1S/C48H80NO9P/c1-6-7-8-9-10-11-12-13-14-15-18-22-25-28-31-34-37-40-48(52)58-46(44-57-59(53,54)56-42-41-49(3,4)5)43-55-47(51)39-36-33-30-27-24-21-19-16-17-20-23-26-29-32-35-38-45(2)50/h10-11,13-14,17-22,26-31,45-46,50H,6-9,12,15-16,23-25,32-44H2,1-5H3/p+1/b11-10-,14-13-,20-17-,21-19-,22-18-,29-26-,30-27-,31-28-/t45-,46-/m1/s1. The van der Waals surface area contributed by atoms with E-state index >= 15 is 0 Å². The van der Waals surface area contributed by atoms with Crippen molar-refractivity contribution in [1.82, 2.24) is 0 Å². The Morgan fingerprint density at radius 1 is 0.593 bits per heavy atom. The molecule has 3 atom stereocenters. The molecule has 0 rings (SSSR count). The molecule has 0 aromatic rings. The smallest absolute Gasteiger partial charge is 0.462 e. The molecule has 0 spiro atoms. The molecular weight excluding hydrogens is 766 g/mol. The highest BCUT2D eigenvalue weighted by Crippen LogP contribution is 2.43. The first-order valence-electron chi connectivity index (χ1n) is 22.0. The van der Waals surface area contributed by atoms with Crippen molar-refractivity contribution in [3.63, 3.8) is 0 Å². The van der Waals surface area contributed by atoms with Gasteiger partial charge in [0.1, 0.15) is 19.8 Å². The third-order valence-electron chi connectivity index (χ3n) is 8.61. The van der Waals surface area contributed by atoms with Crippen molar-refractivity contribution in [2.75, 3.05) is 47.5 Å². The van der Waals surface area contributed by atoms with Crippen LogP contribution in [0.25, 0.3) is 0 Å². The summed E-state index contributed by atoms with van der Waals surface area (Å²) in [7, 11) is 1.38. The highest BCUT2D eigenvalue weighted by molar-refractivity contribution is 7.47. The Hall–Kier alpha value is -3.11. The van der Waals surface area contributed by atoms with E-state index in [0.717, 1.165) is 64.2 Å². The molecule has 0 amide bonds. The van der Waals surface area contributed by atoms with E-state index in [-0.39, 0.29) is 32.2 Å². The zero-order valence-electron chi connectivity index (χ0n) is 37.3. The minimum absolute atomic E-state index is 0.00207. The number of aliphatic hydroxyl groups is 1. The quantitative estimate of drug-likeness (QED) is 0.0205. The Morgan fingerprint density at radius 3 is 1.46 bits per heavy atom. The van der Waals surface area contributed by atoms with E-state index in [0.29, 0.717) is 36.7 Å². The van der Waals surface area contributed by atoms with Crippen molar-refractivity contribution in [2.45, 2.75) is 148 Å². The van der Waals surface area contributed by atoms with E-state index in [1.54, 1.807) is 0 Å². The van der Waals surface area contributed by atoms with Gasteiger partial charge in [0.15, 0.2) is 6.10 Å². The van der Waals surface area contributed by atoms with Crippen LogP contribution < -0.4 is 0 Å². The molecule has 0 aromatic heterocycles. The number of phosphoric acid groups is 1. The van der Waals surface area contributed by atoms with Gasteiger partial charge in [-0.1, -0.05) is 117 Å². The zero-order chi connectivity index (χ0) is 43.7. The number of likely N-dealkylation sites (N-methyl/N-ethyl adjacent to an activating group) is 1. The third-order valence-corrected chi connectivity index (χ3v) is 9.59. The fourth-order valence-electron chi connectivity index (χ4n) is 5.13. The molecule has 1 unspecified atom stereocenters. The minimum Gasteiger partial charge on any atom is -0.462 e. The molecule has 0 aromatic carbocycles. The van der Waals surface area contributed by atoms with Crippen LogP contribution in [-0.2, 0) is 32.7 Å². The Morgan fingerprint density at radius 2 is 1.02 bits per heavy atom. The predicted octanol–water partition coefficient (Wildman–Crippen LogP) is 11.5. The SMILES string of the molecule is CCCCC/C=C\C/C=C\C/C=C\C/C=C\CCCC(=O)O[C@H](COC(=O)CCC/C=C\C/C=C\C/C=C\C/C=C\CCC[C@@H](C)O)COP(=O)(O)OCC[N+](C)(C)C. The normalized spacial score (nSPS) is 15.0. The van der Waals surface area contributed by atoms with Crippen molar-refractivity contribution in [3.8, 4) is 0 Å². The molecule has 0 saturated heterocycles. The summed E-state index contributed by atoms with van der Waals surface area (Å²) in [6, 6.07) is 0. The maximum Gasteiger partial charge on any atom is 0.472 e. The number of ether oxygens (including phenoxy) is 2. The molecular formula is C48H81NO9P+. The minimum atomic E-state index is -4.42. The molecule has 59 heavy (non-hydrogen) atoms. The summed E-state index contributed by atoms with van der Waals surface area (Å²) < 4.78 is 34.1. The first-order valence-corrected chi connectivity index (χ1v) is 23.5. The number of carbonyl (C=O) groups is 2. The summed E-state index contributed by atoms with van der Waals surface area (Å²) in [6.45, 7) is 3.77. The van der Waals surface area contributed by atoms with E-state index in [4.69, 9.17) is 18.5 Å². The number of phosphoric ester groups is 1. The number of hydrogen-bond donors (Lipinski definition) is 2. The van der Waals surface area contributed by atoms with Gasteiger partial charge in [-0.2, -0.15) is 0 Å². The summed E-state index contributed by atoms with van der Waals surface area (Å²) in [5, 5.41) is 9.28. The summed E-state index contributed by atoms with van der Waals surface area (Å²) in [6.07, 6.45) is 48.9. The average Bonchev–Trinajstić information content (AvgIpc) is 3.17. The molecule has 0 bridgehead atoms. The molecule has 10 nitrogen and oxygen atoms in total. The van der Waals surface area contributed by atoms with Crippen LogP contribution in [0.2, 0.25) is 0 Å². The van der Waals surface area contributed by atoms with Gasteiger partial charge in [0.05, 0.1) is 33.9 Å². The molecule has 336 valence electrons. The van der Waals surface area contributed by atoms with Crippen LogP contribution in [0.15, 0.2) is 97.2 Å². The summed E-state index contributed by atoms with van der Waals surface area (Å²) in [4.78, 5) is 35.3. The second-order valence-electron chi connectivity index (χ2n) is 15.7.